The van der Waals surface area contributed by atoms with Crippen molar-refractivity contribution in [3.8, 4) is 6.07 Å². The van der Waals surface area contributed by atoms with E-state index in [2.05, 4.69) is 47.0 Å². The number of benzene rings is 1. The highest BCUT2D eigenvalue weighted by Crippen LogP contribution is 2.42. The first-order chi connectivity index (χ1) is 13.0. The molecule has 1 aromatic rings. The number of piperidine rings is 3. The number of likely N-dealkylation sites (N-methyl/N-ethyl adjacent to an activating group) is 1. The minimum atomic E-state index is 0.345. The lowest BCUT2D eigenvalue weighted by Gasteiger charge is -2.57. The summed E-state index contributed by atoms with van der Waals surface area (Å²) in [6.45, 7) is 4.05. The van der Waals surface area contributed by atoms with Crippen LogP contribution in [0.1, 0.15) is 36.8 Å². The van der Waals surface area contributed by atoms with Crippen molar-refractivity contribution in [2.45, 2.75) is 44.3 Å². The zero-order chi connectivity index (χ0) is 19.0. The Kier molecular flexibility index (Phi) is 5.21. The molecule has 1 amide bonds. The van der Waals surface area contributed by atoms with Gasteiger partial charge in [0.05, 0.1) is 11.6 Å². The van der Waals surface area contributed by atoms with E-state index in [9.17, 15) is 4.79 Å². The van der Waals surface area contributed by atoms with Crippen molar-refractivity contribution >= 4 is 5.91 Å². The molecule has 3 aliphatic rings. The molecule has 3 aliphatic heterocycles. The molecule has 1 aromatic carbocycles. The summed E-state index contributed by atoms with van der Waals surface area (Å²) in [7, 11) is 4.24. The molecule has 4 rings (SSSR count). The quantitative estimate of drug-likeness (QED) is 0.821. The van der Waals surface area contributed by atoms with Crippen molar-refractivity contribution < 1.29 is 4.79 Å². The summed E-state index contributed by atoms with van der Waals surface area (Å²) in [5.74, 6) is 1.54. The van der Waals surface area contributed by atoms with E-state index in [0.29, 0.717) is 29.8 Å². The normalized spacial score (nSPS) is 30.9. The molecule has 0 radical (unpaired) electrons. The molecule has 2 bridgehead atoms. The fourth-order valence-corrected chi connectivity index (χ4v) is 5.55. The Morgan fingerprint density at radius 2 is 1.93 bits per heavy atom. The average Bonchev–Trinajstić information content (AvgIpc) is 2.65. The Morgan fingerprint density at radius 3 is 2.63 bits per heavy atom. The summed E-state index contributed by atoms with van der Waals surface area (Å²) in [6, 6.07) is 11.0. The lowest BCUT2D eigenvalue weighted by atomic mass is 9.72. The average molecular weight is 367 g/mol. The molecule has 5 nitrogen and oxygen atoms in total. The first-order valence-electron chi connectivity index (χ1n) is 10.2. The number of likely N-dealkylation sites (tertiary alicyclic amines) is 1. The van der Waals surface area contributed by atoms with Gasteiger partial charge in [0, 0.05) is 44.7 Å². The van der Waals surface area contributed by atoms with Crippen LogP contribution in [0, 0.1) is 23.2 Å². The predicted octanol–water partition coefficient (Wildman–Crippen LogP) is 2.32. The van der Waals surface area contributed by atoms with Gasteiger partial charge in [0.25, 0.3) is 0 Å². The van der Waals surface area contributed by atoms with Crippen LogP contribution in [-0.2, 0) is 11.3 Å². The summed E-state index contributed by atoms with van der Waals surface area (Å²) in [4.78, 5) is 19.9. The van der Waals surface area contributed by atoms with Crippen molar-refractivity contribution in [1.82, 2.24) is 14.7 Å². The minimum Gasteiger partial charge on any atom is -0.335 e. The van der Waals surface area contributed by atoms with E-state index in [-0.39, 0.29) is 0 Å². The van der Waals surface area contributed by atoms with E-state index < -0.39 is 0 Å². The van der Waals surface area contributed by atoms with Crippen LogP contribution in [0.3, 0.4) is 0 Å². The number of nitriles is 1. The molecule has 0 unspecified atom stereocenters. The van der Waals surface area contributed by atoms with E-state index in [1.165, 1.54) is 12.0 Å². The molecule has 0 N–H and O–H groups in total. The van der Waals surface area contributed by atoms with Crippen molar-refractivity contribution in [1.29, 1.82) is 5.26 Å². The van der Waals surface area contributed by atoms with Gasteiger partial charge in [0.15, 0.2) is 0 Å². The summed E-state index contributed by atoms with van der Waals surface area (Å²) >= 11 is 0. The Balaban J connectivity index is 1.53. The van der Waals surface area contributed by atoms with Crippen LogP contribution in [-0.4, -0.2) is 66.4 Å². The van der Waals surface area contributed by atoms with Gasteiger partial charge in [0.1, 0.15) is 0 Å². The van der Waals surface area contributed by atoms with Gasteiger partial charge in [-0.3, -0.25) is 9.69 Å². The third-order valence-electron chi connectivity index (χ3n) is 6.61. The molecule has 3 fully saturated rings. The smallest absolute Gasteiger partial charge is 0.223 e. The zero-order valence-corrected chi connectivity index (χ0v) is 16.5. The van der Waals surface area contributed by atoms with Crippen LogP contribution < -0.4 is 0 Å². The van der Waals surface area contributed by atoms with Gasteiger partial charge in [-0.2, -0.15) is 5.26 Å². The summed E-state index contributed by atoms with van der Waals surface area (Å²) in [5, 5.41) is 8.99. The van der Waals surface area contributed by atoms with Gasteiger partial charge >= 0.3 is 0 Å². The van der Waals surface area contributed by atoms with E-state index in [0.717, 1.165) is 51.0 Å². The lowest BCUT2D eigenvalue weighted by molar-refractivity contribution is -0.153. The highest BCUT2D eigenvalue weighted by molar-refractivity contribution is 5.78. The van der Waals surface area contributed by atoms with E-state index in [1.54, 1.807) is 0 Å². The predicted molar refractivity (Wildman–Crippen MR) is 105 cm³/mol. The zero-order valence-electron chi connectivity index (χ0n) is 16.5. The van der Waals surface area contributed by atoms with Crippen molar-refractivity contribution in [3.05, 3.63) is 35.4 Å². The SMILES string of the molecule is CN(C)C[C@H]1[C@H]2C[C@H](CN(Cc3ccc(C#N)cc3)C2)[C@@H]2CCCC(=O)N21. The van der Waals surface area contributed by atoms with Crippen LogP contribution in [0.15, 0.2) is 24.3 Å². The second-order valence-corrected chi connectivity index (χ2v) is 8.85. The number of amides is 1. The van der Waals surface area contributed by atoms with Crippen LogP contribution in [0.4, 0.5) is 0 Å². The molecule has 4 atom stereocenters. The Hall–Kier alpha value is -1.90. The Labute approximate surface area is 162 Å². The maximum absolute atomic E-state index is 12.8. The molecular formula is C22H30N4O. The standard InChI is InChI=1S/C22H30N4O/c1-24(2)15-21-19-10-18(20-4-3-5-22(27)26(20)21)13-25(14-19)12-17-8-6-16(11-23)7-9-17/h6-9,18-21H,3-5,10,12-15H2,1-2H3/t18-,19+,20+,21+/m1/s1. The van der Waals surface area contributed by atoms with E-state index in [4.69, 9.17) is 5.26 Å². The van der Waals surface area contributed by atoms with Gasteiger partial charge in [-0.15, -0.1) is 0 Å². The van der Waals surface area contributed by atoms with Crippen molar-refractivity contribution in [3.63, 3.8) is 0 Å². The largest absolute Gasteiger partial charge is 0.335 e. The number of nitrogens with zero attached hydrogens (tertiary/aromatic N) is 4. The van der Waals surface area contributed by atoms with E-state index in [1.807, 2.05) is 12.1 Å². The van der Waals surface area contributed by atoms with Crippen LogP contribution in [0.25, 0.3) is 0 Å². The first kappa shape index (κ1) is 18.5. The lowest BCUT2D eigenvalue weighted by Crippen LogP contribution is -2.66. The number of carbonyl (C=O) groups is 1. The van der Waals surface area contributed by atoms with Crippen molar-refractivity contribution in [2.75, 3.05) is 33.7 Å². The summed E-state index contributed by atoms with van der Waals surface area (Å²) in [5.41, 5.74) is 1.99. The minimum absolute atomic E-state index is 0.345. The number of hydrogen-bond donors (Lipinski definition) is 0. The fourth-order valence-electron chi connectivity index (χ4n) is 5.55. The Morgan fingerprint density at radius 1 is 1.19 bits per heavy atom. The molecule has 5 heteroatoms. The molecule has 0 saturated carbocycles. The van der Waals surface area contributed by atoms with Crippen LogP contribution in [0.5, 0.6) is 0 Å². The molecular weight excluding hydrogens is 336 g/mol. The van der Waals surface area contributed by atoms with Crippen molar-refractivity contribution in [2.24, 2.45) is 11.8 Å². The highest BCUT2D eigenvalue weighted by Gasteiger charge is 2.49. The third kappa shape index (κ3) is 3.74. The van der Waals surface area contributed by atoms with Gasteiger partial charge in [-0.25, -0.2) is 0 Å². The molecule has 3 saturated heterocycles. The second-order valence-electron chi connectivity index (χ2n) is 8.85. The fraction of sp³-hybridized carbons (Fsp3) is 0.636. The monoisotopic (exact) mass is 366 g/mol. The maximum Gasteiger partial charge on any atom is 0.223 e. The van der Waals surface area contributed by atoms with Crippen LogP contribution in [0.2, 0.25) is 0 Å². The molecule has 144 valence electrons. The summed E-state index contributed by atoms with van der Waals surface area (Å²) in [6.07, 6.45) is 4.20. The molecule has 0 aliphatic carbocycles. The van der Waals surface area contributed by atoms with Gasteiger partial charge in [-0.1, -0.05) is 12.1 Å². The Bertz CT molecular complexity index is 723. The van der Waals surface area contributed by atoms with Gasteiger partial charge in [0.2, 0.25) is 5.91 Å². The topological polar surface area (TPSA) is 50.6 Å². The molecule has 0 spiro atoms. The maximum atomic E-state index is 12.8. The van der Waals surface area contributed by atoms with Gasteiger partial charge < -0.3 is 9.80 Å². The number of fused-ring (bicyclic) bond motifs is 4. The van der Waals surface area contributed by atoms with Crippen LogP contribution >= 0.6 is 0 Å². The number of hydrogen-bond acceptors (Lipinski definition) is 4. The number of carbonyl (C=O) groups excluding carboxylic acids is 1. The highest BCUT2D eigenvalue weighted by atomic mass is 16.2. The molecule has 27 heavy (non-hydrogen) atoms. The third-order valence-corrected chi connectivity index (χ3v) is 6.61. The number of rotatable bonds is 4. The van der Waals surface area contributed by atoms with E-state index >= 15 is 0 Å². The summed E-state index contributed by atoms with van der Waals surface area (Å²) < 4.78 is 0. The second kappa shape index (κ2) is 7.61. The van der Waals surface area contributed by atoms with Gasteiger partial charge in [-0.05, 0) is 62.9 Å². The molecule has 3 heterocycles. The first-order valence-corrected chi connectivity index (χ1v) is 10.2. The molecule has 0 aromatic heterocycles.